The predicted octanol–water partition coefficient (Wildman–Crippen LogP) is 3.34. The van der Waals surface area contributed by atoms with Crippen molar-refractivity contribution >= 4 is 11.9 Å². The van der Waals surface area contributed by atoms with Crippen molar-refractivity contribution in [3.8, 4) is 22.6 Å². The van der Waals surface area contributed by atoms with E-state index in [2.05, 4.69) is 34.2 Å². The van der Waals surface area contributed by atoms with Crippen LogP contribution in [-0.2, 0) is 11.3 Å². The van der Waals surface area contributed by atoms with Gasteiger partial charge in [0.25, 0.3) is 0 Å². The summed E-state index contributed by atoms with van der Waals surface area (Å²) in [6, 6.07) is 8.20. The number of nitrogens with one attached hydrogen (secondary N) is 2. The molecule has 0 spiro atoms. The molecule has 2 aliphatic rings. The standard InChI is InChI=1S/C20H23N3O4/c1-12-8-20(2,23-12)11-27-14-4-5-15-16-7-18(22-19(24)25-3)21-9-13(16)10-26-17(15)6-14/h4-7,9,12,23H,8,10-11H2,1-3H3,(H,21,22,24). The van der Waals surface area contributed by atoms with Crippen LogP contribution in [0.4, 0.5) is 10.6 Å². The molecule has 0 bridgehead atoms. The van der Waals surface area contributed by atoms with Crippen molar-refractivity contribution in [2.45, 2.75) is 38.5 Å². The molecule has 0 radical (unpaired) electrons. The predicted molar refractivity (Wildman–Crippen MR) is 101 cm³/mol. The number of methoxy groups -OCH3 is 1. The number of benzene rings is 1. The van der Waals surface area contributed by atoms with Crippen molar-refractivity contribution in [1.29, 1.82) is 0 Å². The summed E-state index contributed by atoms with van der Waals surface area (Å²) in [5.74, 6) is 1.98. The van der Waals surface area contributed by atoms with Gasteiger partial charge in [-0.1, -0.05) is 0 Å². The number of anilines is 1. The Bertz CT molecular complexity index is 878. The fourth-order valence-corrected chi connectivity index (χ4v) is 3.76. The number of ether oxygens (including phenoxy) is 3. The highest BCUT2D eigenvalue weighted by Gasteiger charge is 2.37. The third kappa shape index (κ3) is 3.55. The van der Waals surface area contributed by atoms with E-state index in [9.17, 15) is 4.79 Å². The molecule has 0 aliphatic carbocycles. The van der Waals surface area contributed by atoms with Crippen molar-refractivity contribution in [3.05, 3.63) is 36.0 Å². The summed E-state index contributed by atoms with van der Waals surface area (Å²) in [6.45, 7) is 5.38. The molecule has 2 aromatic rings. The molecule has 1 saturated heterocycles. The first-order valence-electron chi connectivity index (χ1n) is 8.97. The molecule has 2 aliphatic heterocycles. The Hall–Kier alpha value is -2.80. The lowest BCUT2D eigenvalue weighted by Crippen LogP contribution is -2.63. The average molecular weight is 369 g/mol. The first kappa shape index (κ1) is 17.6. The molecule has 0 saturated carbocycles. The van der Waals surface area contributed by atoms with Crippen LogP contribution in [0.2, 0.25) is 0 Å². The molecule has 2 N–H and O–H groups in total. The maximum atomic E-state index is 11.4. The first-order chi connectivity index (χ1) is 13.0. The van der Waals surface area contributed by atoms with Crippen LogP contribution in [0.15, 0.2) is 30.5 Å². The topological polar surface area (TPSA) is 81.7 Å². The fraction of sp³-hybridized carbons (Fsp3) is 0.400. The number of carbonyl (C=O) groups excluding carboxylic acids is 1. The summed E-state index contributed by atoms with van der Waals surface area (Å²) in [7, 11) is 1.32. The second-order valence-corrected chi connectivity index (χ2v) is 7.39. The van der Waals surface area contributed by atoms with Gasteiger partial charge in [-0.2, -0.15) is 0 Å². The molecule has 142 valence electrons. The number of fused-ring (bicyclic) bond motifs is 3. The van der Waals surface area contributed by atoms with Gasteiger partial charge in [0, 0.05) is 29.4 Å². The molecular weight excluding hydrogens is 346 g/mol. The summed E-state index contributed by atoms with van der Waals surface area (Å²) in [6.07, 6.45) is 2.26. The summed E-state index contributed by atoms with van der Waals surface area (Å²) in [5.41, 5.74) is 2.92. The molecule has 1 amide bonds. The van der Waals surface area contributed by atoms with E-state index in [-0.39, 0.29) is 5.54 Å². The van der Waals surface area contributed by atoms with Gasteiger partial charge in [-0.3, -0.25) is 5.32 Å². The van der Waals surface area contributed by atoms with E-state index < -0.39 is 6.09 Å². The van der Waals surface area contributed by atoms with Crippen molar-refractivity contribution in [2.75, 3.05) is 19.0 Å². The number of pyridine rings is 1. The van der Waals surface area contributed by atoms with Crippen LogP contribution >= 0.6 is 0 Å². The Morgan fingerprint density at radius 2 is 2.22 bits per heavy atom. The van der Waals surface area contributed by atoms with E-state index in [0.717, 1.165) is 34.6 Å². The van der Waals surface area contributed by atoms with Crippen molar-refractivity contribution in [3.63, 3.8) is 0 Å². The number of hydrogen-bond donors (Lipinski definition) is 2. The smallest absolute Gasteiger partial charge is 0.412 e. The van der Waals surface area contributed by atoms with E-state index in [1.54, 1.807) is 6.20 Å². The Morgan fingerprint density at radius 1 is 1.41 bits per heavy atom. The normalized spacial score (nSPS) is 22.6. The number of amides is 1. The molecule has 1 aromatic heterocycles. The van der Waals surface area contributed by atoms with Crippen molar-refractivity contribution in [1.82, 2.24) is 10.3 Å². The van der Waals surface area contributed by atoms with Crippen LogP contribution in [0.1, 0.15) is 25.8 Å². The minimum Gasteiger partial charge on any atom is -0.492 e. The zero-order valence-corrected chi connectivity index (χ0v) is 15.7. The van der Waals surface area contributed by atoms with Gasteiger partial charge in [-0.05, 0) is 44.0 Å². The molecule has 2 unspecified atom stereocenters. The van der Waals surface area contributed by atoms with Gasteiger partial charge in [0.05, 0.1) is 12.6 Å². The van der Waals surface area contributed by atoms with E-state index in [1.165, 1.54) is 7.11 Å². The molecule has 3 heterocycles. The van der Waals surface area contributed by atoms with Gasteiger partial charge < -0.3 is 19.5 Å². The monoisotopic (exact) mass is 369 g/mol. The van der Waals surface area contributed by atoms with Gasteiger partial charge in [0.15, 0.2) is 0 Å². The minimum absolute atomic E-state index is 0.0307. The number of aromatic nitrogens is 1. The first-order valence-corrected chi connectivity index (χ1v) is 8.97. The maximum absolute atomic E-state index is 11.4. The van der Waals surface area contributed by atoms with Crippen LogP contribution in [0.5, 0.6) is 11.5 Å². The van der Waals surface area contributed by atoms with E-state index in [4.69, 9.17) is 9.47 Å². The molecule has 1 fully saturated rings. The maximum Gasteiger partial charge on any atom is 0.412 e. The van der Waals surface area contributed by atoms with E-state index >= 15 is 0 Å². The lowest BCUT2D eigenvalue weighted by atomic mass is 9.85. The lowest BCUT2D eigenvalue weighted by molar-refractivity contribution is 0.0949. The molecule has 2 atom stereocenters. The SMILES string of the molecule is COC(=O)Nc1cc2c(cn1)COc1cc(OCC3(C)CC(C)N3)ccc1-2. The number of rotatable bonds is 4. The van der Waals surface area contributed by atoms with Crippen LogP contribution in [0.25, 0.3) is 11.1 Å². The summed E-state index contributed by atoms with van der Waals surface area (Å²) in [4.78, 5) is 15.6. The highest BCUT2D eigenvalue weighted by Crippen LogP contribution is 2.40. The van der Waals surface area contributed by atoms with Gasteiger partial charge in [0.2, 0.25) is 0 Å². The molecule has 1 aromatic carbocycles. The number of nitrogens with zero attached hydrogens (tertiary/aromatic N) is 1. The molecule has 4 rings (SSSR count). The Balaban J connectivity index is 1.53. The summed E-state index contributed by atoms with van der Waals surface area (Å²) in [5, 5.41) is 6.08. The van der Waals surface area contributed by atoms with Crippen LogP contribution in [0, 0.1) is 0 Å². The quantitative estimate of drug-likeness (QED) is 0.860. The zero-order valence-electron chi connectivity index (χ0n) is 15.7. The van der Waals surface area contributed by atoms with E-state index in [0.29, 0.717) is 25.1 Å². The summed E-state index contributed by atoms with van der Waals surface area (Å²) >= 11 is 0. The fourth-order valence-electron chi connectivity index (χ4n) is 3.76. The van der Waals surface area contributed by atoms with Crippen LogP contribution in [-0.4, -0.2) is 36.4 Å². The van der Waals surface area contributed by atoms with Crippen LogP contribution < -0.4 is 20.1 Å². The molecule has 27 heavy (non-hydrogen) atoms. The second kappa shape index (κ2) is 6.74. The molecular formula is C20H23N3O4. The Morgan fingerprint density at radius 3 is 2.96 bits per heavy atom. The van der Waals surface area contributed by atoms with Gasteiger partial charge >= 0.3 is 6.09 Å². The van der Waals surface area contributed by atoms with Crippen LogP contribution in [0.3, 0.4) is 0 Å². The molecule has 7 heteroatoms. The Kier molecular flexibility index (Phi) is 4.39. The van der Waals surface area contributed by atoms with E-state index in [1.807, 2.05) is 24.3 Å². The highest BCUT2D eigenvalue weighted by molar-refractivity contribution is 5.85. The number of carbonyl (C=O) groups is 1. The average Bonchev–Trinajstić information content (AvgIpc) is 2.64. The largest absolute Gasteiger partial charge is 0.492 e. The van der Waals surface area contributed by atoms with Crippen molar-refractivity contribution < 1.29 is 19.0 Å². The Labute approximate surface area is 158 Å². The third-order valence-electron chi connectivity index (χ3n) is 4.94. The van der Waals surface area contributed by atoms with Gasteiger partial charge in [-0.25, -0.2) is 9.78 Å². The zero-order chi connectivity index (χ0) is 19.0. The number of hydrogen-bond acceptors (Lipinski definition) is 6. The highest BCUT2D eigenvalue weighted by atomic mass is 16.5. The van der Waals surface area contributed by atoms with Crippen molar-refractivity contribution in [2.24, 2.45) is 0 Å². The lowest BCUT2D eigenvalue weighted by Gasteiger charge is -2.45. The van der Waals surface area contributed by atoms with Gasteiger partial charge in [0.1, 0.15) is 30.5 Å². The van der Waals surface area contributed by atoms with Gasteiger partial charge in [-0.15, -0.1) is 0 Å². The summed E-state index contributed by atoms with van der Waals surface area (Å²) < 4.78 is 16.5. The molecule has 7 nitrogen and oxygen atoms in total. The minimum atomic E-state index is -0.550. The second-order valence-electron chi connectivity index (χ2n) is 7.39. The third-order valence-corrected chi connectivity index (χ3v) is 4.94.